The number of pyridine rings is 2. The van der Waals surface area contributed by atoms with Crippen LogP contribution in [0.15, 0.2) is 146 Å². The van der Waals surface area contributed by atoms with E-state index >= 15 is 0 Å². The molecule has 3 aliphatic rings. The molecule has 3 aromatic heterocycles. The Kier molecular flexibility index (Phi) is 9.21. The maximum Gasteiger partial charge on any atom is 0.420 e. The van der Waals surface area contributed by atoms with Crippen molar-refractivity contribution in [2.75, 3.05) is 9.62 Å². The first-order chi connectivity index (χ1) is 31.6. The van der Waals surface area contributed by atoms with Crippen molar-refractivity contribution >= 4 is 62.6 Å². The number of para-hydroxylation sites is 3. The van der Waals surface area contributed by atoms with Crippen LogP contribution in [0, 0.1) is 32.8 Å². The van der Waals surface area contributed by atoms with Gasteiger partial charge in [-0.3, -0.25) is 4.98 Å². The predicted molar refractivity (Wildman–Crippen MR) is 263 cm³/mol. The maximum atomic E-state index is 8.27. The Morgan fingerprint density at radius 3 is 2.14 bits per heavy atom. The Morgan fingerprint density at radius 1 is 0.672 bits per heavy atom. The van der Waals surface area contributed by atoms with Crippen LogP contribution < -0.4 is 15.1 Å². The zero-order valence-corrected chi connectivity index (χ0v) is 39.8. The van der Waals surface area contributed by atoms with Crippen LogP contribution in [0.25, 0.3) is 38.6 Å². The number of nitrogens with zero attached hydrogens (tertiary/aromatic N) is 5. The summed E-state index contributed by atoms with van der Waals surface area (Å²) in [5.41, 5.74) is 15.1. The van der Waals surface area contributed by atoms with Gasteiger partial charge in [0.1, 0.15) is 5.82 Å². The van der Waals surface area contributed by atoms with Crippen LogP contribution in [0.2, 0.25) is 0 Å². The Morgan fingerprint density at radius 2 is 1.38 bits per heavy atom. The number of anilines is 4. The minimum absolute atomic E-state index is 0. The van der Waals surface area contributed by atoms with Crippen LogP contribution >= 0.6 is 0 Å². The van der Waals surface area contributed by atoms with Crippen molar-refractivity contribution in [2.24, 2.45) is 0 Å². The summed E-state index contributed by atoms with van der Waals surface area (Å²) in [6, 6.07) is 54.6. The van der Waals surface area contributed by atoms with E-state index in [1.807, 2.05) is 66.7 Å². The van der Waals surface area contributed by atoms with E-state index in [1.54, 1.807) is 12.3 Å². The molecule has 0 saturated heterocycles. The minimum Gasteiger partial charge on any atom is -0.367 e. The Labute approximate surface area is 395 Å². The van der Waals surface area contributed by atoms with Gasteiger partial charge in [-0.1, -0.05) is 136 Å². The normalized spacial score (nSPS) is 18.5. The maximum absolute atomic E-state index is 8.27. The molecule has 1 aliphatic carbocycles. The summed E-state index contributed by atoms with van der Waals surface area (Å²) < 4.78 is 27.3. The first-order valence-corrected chi connectivity index (χ1v) is 22.2. The monoisotopic (exact) mass is 1010 g/mol. The SMILES string of the molecule is CC1(C)CCC2(C)c3c(nc4c5[c-]cccc5c5cccc(c5n34)C2(C)C)-c2ccccc21.[2H]C([2H])([2H])c1ccnc2c1N(c1ccccc1)B(c1c(C)cccc1C)N2c1[c-]cccc1.[Ir]. The van der Waals surface area contributed by atoms with Crippen molar-refractivity contribution < 1.29 is 24.2 Å². The number of benzene rings is 6. The summed E-state index contributed by atoms with van der Waals surface area (Å²) in [5.74, 6) is 0.614. The summed E-state index contributed by atoms with van der Waals surface area (Å²) in [6.07, 6.45) is 3.85. The van der Waals surface area contributed by atoms with E-state index in [0.717, 1.165) is 57.5 Å². The summed E-state index contributed by atoms with van der Waals surface area (Å²) in [4.78, 5) is 14.4. The molecule has 5 heterocycles. The van der Waals surface area contributed by atoms with Gasteiger partial charge in [-0.2, -0.15) is 24.3 Å². The molecule has 7 heteroatoms. The number of fused-ring (bicyclic) bond motifs is 6. The standard InChI is InChI=1S/C31H29N2.C26H23BN3.Ir/c1-29(2)17-18-31(5)27-25(22-13-8-9-15-23(22)29)32-28-21-12-7-6-11-19(21)20-14-10-16-24(30(31,3)4)26(20)33(27)28;1-19-11-10-12-20(2)24(19)27-29(22-13-6-4-7-14-22)25-21(3)17-18-28-26(25)30(27)23-15-8-5-9-16-23;/h6-11,13-16H,17-18H2,1-5H3;4-15,17-18H,1-3H3;/q2*-1;/i;3D3;. The van der Waals surface area contributed by atoms with Crippen LogP contribution in [0.5, 0.6) is 0 Å². The van der Waals surface area contributed by atoms with Gasteiger partial charge in [0, 0.05) is 63.7 Å². The molecule has 0 bridgehead atoms. The van der Waals surface area contributed by atoms with E-state index in [0.29, 0.717) is 11.5 Å². The number of hydrogen-bond donors (Lipinski definition) is 0. The second-order valence-electron chi connectivity index (χ2n) is 19.0. The van der Waals surface area contributed by atoms with Crippen molar-refractivity contribution in [3.8, 4) is 11.3 Å². The van der Waals surface area contributed by atoms with Gasteiger partial charge in [-0.05, 0) is 84.7 Å². The van der Waals surface area contributed by atoms with E-state index in [4.69, 9.17) is 14.1 Å². The molecule has 0 N–H and O–H groups in total. The zero-order chi connectivity index (χ0) is 45.9. The van der Waals surface area contributed by atoms with E-state index in [1.165, 1.54) is 38.7 Å². The van der Waals surface area contributed by atoms with Gasteiger partial charge in [0.2, 0.25) is 0 Å². The fraction of sp³-hybridized carbons (Fsp3) is 0.228. The van der Waals surface area contributed by atoms with Crippen LogP contribution in [0.1, 0.15) is 85.1 Å². The number of aryl methyl sites for hydroxylation is 3. The molecule has 9 aromatic rings. The van der Waals surface area contributed by atoms with Gasteiger partial charge in [0.05, 0.1) is 17.0 Å². The molecule has 0 spiro atoms. The average Bonchev–Trinajstić information content (AvgIpc) is 3.88. The number of imidazole rings is 1. The molecule has 0 fully saturated rings. The molecule has 0 saturated carbocycles. The second-order valence-corrected chi connectivity index (χ2v) is 19.0. The first-order valence-electron chi connectivity index (χ1n) is 23.7. The van der Waals surface area contributed by atoms with Crippen LogP contribution in [0.4, 0.5) is 22.9 Å². The molecular weight excluding hydrogens is 958 g/mol. The second kappa shape index (κ2) is 15.3. The van der Waals surface area contributed by atoms with Crippen LogP contribution in [-0.4, -0.2) is 21.4 Å². The van der Waals surface area contributed by atoms with E-state index in [9.17, 15) is 0 Å². The van der Waals surface area contributed by atoms with Crippen molar-refractivity contribution in [3.63, 3.8) is 0 Å². The molecule has 12 rings (SSSR count). The number of hydrogen-bond acceptors (Lipinski definition) is 4. The van der Waals surface area contributed by atoms with Crippen molar-refractivity contribution in [1.29, 1.82) is 0 Å². The summed E-state index contributed by atoms with van der Waals surface area (Å²) in [5, 5.41) is 3.67. The Bertz CT molecular complexity index is 3370. The third-order valence-corrected chi connectivity index (χ3v) is 14.9. The molecule has 319 valence electrons. The smallest absolute Gasteiger partial charge is 0.367 e. The number of rotatable bonds is 3. The quantitative estimate of drug-likeness (QED) is 0.100. The molecule has 0 amide bonds. The molecule has 1 unspecified atom stereocenters. The number of aromatic nitrogens is 3. The van der Waals surface area contributed by atoms with Gasteiger partial charge >= 0.3 is 6.98 Å². The molecule has 1 radical (unpaired) electrons. The van der Waals surface area contributed by atoms with E-state index in [2.05, 4.69) is 141 Å². The van der Waals surface area contributed by atoms with Gasteiger partial charge in [0.25, 0.3) is 0 Å². The molecule has 2 aliphatic heterocycles. The fourth-order valence-electron chi connectivity index (χ4n) is 11.2. The molecule has 6 aromatic carbocycles. The predicted octanol–water partition coefficient (Wildman–Crippen LogP) is 13.2. The van der Waals surface area contributed by atoms with Crippen molar-refractivity contribution in [1.82, 2.24) is 14.4 Å². The molecule has 1 atom stereocenters. The summed E-state index contributed by atoms with van der Waals surface area (Å²) in [6.45, 7) is 13.8. The largest absolute Gasteiger partial charge is 0.420 e. The summed E-state index contributed by atoms with van der Waals surface area (Å²) >= 11 is 0. The van der Waals surface area contributed by atoms with Gasteiger partial charge in [0.15, 0.2) is 0 Å². The Balaban J connectivity index is 0.000000154. The third kappa shape index (κ3) is 6.00. The Hall–Kier alpha value is -6.01. The molecule has 5 nitrogen and oxygen atoms in total. The van der Waals surface area contributed by atoms with E-state index in [-0.39, 0.29) is 48.9 Å². The first kappa shape index (κ1) is 38.5. The van der Waals surface area contributed by atoms with E-state index < -0.39 is 6.85 Å². The van der Waals surface area contributed by atoms with Gasteiger partial charge < -0.3 is 14.0 Å². The van der Waals surface area contributed by atoms with Crippen molar-refractivity contribution in [2.45, 2.75) is 84.4 Å². The van der Waals surface area contributed by atoms with Crippen LogP contribution in [-0.2, 0) is 36.4 Å². The molecular formula is C57H52BIrN5-2. The summed E-state index contributed by atoms with van der Waals surface area (Å²) in [7, 11) is 0. The average molecular weight is 1010 g/mol. The fourth-order valence-corrected chi connectivity index (χ4v) is 11.2. The van der Waals surface area contributed by atoms with Gasteiger partial charge in [-0.25, -0.2) is 4.98 Å². The van der Waals surface area contributed by atoms with Crippen LogP contribution in [0.3, 0.4) is 0 Å². The van der Waals surface area contributed by atoms with Crippen molar-refractivity contribution in [3.05, 3.63) is 191 Å². The van der Waals surface area contributed by atoms with Gasteiger partial charge in [-0.15, -0.1) is 35.7 Å². The third-order valence-electron chi connectivity index (χ3n) is 14.9. The zero-order valence-electron chi connectivity index (χ0n) is 40.4. The topological polar surface area (TPSA) is 36.7 Å². The minimum atomic E-state index is -2.29. The molecule has 64 heavy (non-hydrogen) atoms.